The molecule has 1 aliphatic carbocycles. The maximum absolute atomic E-state index is 13.0. The molecule has 6 rings (SSSR count). The Labute approximate surface area is 234 Å². The van der Waals surface area contributed by atoms with Crippen LogP contribution >= 0.6 is 0 Å². The quantitative estimate of drug-likeness (QED) is 0.325. The van der Waals surface area contributed by atoms with Crippen LogP contribution in [0.15, 0.2) is 73.1 Å². The van der Waals surface area contributed by atoms with Gasteiger partial charge in [0.05, 0.1) is 24.6 Å². The van der Waals surface area contributed by atoms with E-state index in [-0.39, 0.29) is 29.8 Å². The molecule has 4 aromatic rings. The van der Waals surface area contributed by atoms with Gasteiger partial charge in [-0.15, -0.1) is 0 Å². The second-order valence-corrected chi connectivity index (χ2v) is 11.0. The molecule has 0 bridgehead atoms. The van der Waals surface area contributed by atoms with Gasteiger partial charge in [-0.1, -0.05) is 50.2 Å². The molecule has 0 radical (unpaired) electrons. The highest BCUT2D eigenvalue weighted by Gasteiger charge is 2.42. The molecule has 2 fully saturated rings. The summed E-state index contributed by atoms with van der Waals surface area (Å²) in [6.45, 7) is 8.04. The Kier molecular flexibility index (Phi) is 7.36. The van der Waals surface area contributed by atoms with Crippen LogP contribution in [0.3, 0.4) is 0 Å². The molecule has 2 aromatic carbocycles. The summed E-state index contributed by atoms with van der Waals surface area (Å²) in [5.41, 5.74) is 4.87. The molecular formula is C32H35N5O3. The van der Waals surface area contributed by atoms with E-state index in [9.17, 15) is 9.59 Å². The van der Waals surface area contributed by atoms with E-state index < -0.39 is 0 Å². The van der Waals surface area contributed by atoms with E-state index in [1.165, 1.54) is 0 Å². The first-order valence-electron chi connectivity index (χ1n) is 14.0. The average Bonchev–Trinajstić information content (AvgIpc) is 3.54. The Morgan fingerprint density at radius 2 is 1.80 bits per heavy atom. The van der Waals surface area contributed by atoms with Crippen LogP contribution in [0.2, 0.25) is 0 Å². The number of amides is 2. The Hall–Kier alpha value is -4.01. The molecule has 2 atom stereocenters. The van der Waals surface area contributed by atoms with E-state index in [2.05, 4.69) is 33.7 Å². The number of nitrogens with one attached hydrogen (secondary N) is 2. The molecule has 2 amide bonds. The fourth-order valence-electron chi connectivity index (χ4n) is 5.51. The van der Waals surface area contributed by atoms with Crippen LogP contribution in [0.25, 0.3) is 21.9 Å². The highest BCUT2D eigenvalue weighted by atomic mass is 16.5. The SMILES string of the molecule is CC(C)C(=O)n1cccc1C1CC1NC(=O)Nc1ccc(-c2ccc(CN3CCOCC3)nc2)c2ccccc12. The van der Waals surface area contributed by atoms with Crippen molar-refractivity contribution in [2.24, 2.45) is 5.92 Å². The number of hydrogen-bond acceptors (Lipinski definition) is 5. The molecule has 0 spiro atoms. The van der Waals surface area contributed by atoms with Gasteiger partial charge in [0, 0.05) is 66.5 Å². The van der Waals surface area contributed by atoms with Crippen LogP contribution in [0.1, 0.15) is 42.4 Å². The largest absolute Gasteiger partial charge is 0.379 e. The first-order valence-corrected chi connectivity index (χ1v) is 14.0. The maximum Gasteiger partial charge on any atom is 0.319 e. The van der Waals surface area contributed by atoms with Crippen molar-refractivity contribution in [2.45, 2.75) is 38.8 Å². The number of nitrogens with zero attached hydrogens (tertiary/aromatic N) is 3. The minimum Gasteiger partial charge on any atom is -0.379 e. The number of carbonyl (C=O) groups excluding carboxylic acids is 2. The summed E-state index contributed by atoms with van der Waals surface area (Å²) in [4.78, 5) is 32.6. The number of fused-ring (bicyclic) bond motifs is 1. The predicted molar refractivity (Wildman–Crippen MR) is 156 cm³/mol. The Morgan fingerprint density at radius 3 is 2.55 bits per heavy atom. The topological polar surface area (TPSA) is 88.5 Å². The number of anilines is 1. The highest BCUT2D eigenvalue weighted by Crippen LogP contribution is 2.41. The Morgan fingerprint density at radius 1 is 1.00 bits per heavy atom. The molecule has 2 aromatic heterocycles. The summed E-state index contributed by atoms with van der Waals surface area (Å²) < 4.78 is 7.17. The van der Waals surface area contributed by atoms with Crippen LogP contribution in [0.4, 0.5) is 10.5 Å². The van der Waals surface area contributed by atoms with E-state index in [0.29, 0.717) is 0 Å². The number of benzene rings is 2. The molecule has 1 aliphatic heterocycles. The molecule has 3 heterocycles. The first-order chi connectivity index (χ1) is 19.5. The Bertz CT molecular complexity index is 1520. The minimum atomic E-state index is -0.243. The number of pyridine rings is 1. The van der Waals surface area contributed by atoms with Crippen LogP contribution in [0.5, 0.6) is 0 Å². The molecule has 1 saturated carbocycles. The maximum atomic E-state index is 13.0. The van der Waals surface area contributed by atoms with E-state index in [4.69, 9.17) is 9.72 Å². The van der Waals surface area contributed by atoms with Crippen molar-refractivity contribution in [1.82, 2.24) is 19.8 Å². The van der Waals surface area contributed by atoms with Gasteiger partial charge in [-0.3, -0.25) is 19.2 Å². The van der Waals surface area contributed by atoms with E-state index >= 15 is 0 Å². The van der Waals surface area contributed by atoms with Crippen molar-refractivity contribution >= 4 is 28.4 Å². The third-order valence-electron chi connectivity index (χ3n) is 7.80. The summed E-state index contributed by atoms with van der Waals surface area (Å²) in [5.74, 6) is 0.129. The van der Waals surface area contributed by atoms with Crippen molar-refractivity contribution in [3.8, 4) is 11.1 Å². The van der Waals surface area contributed by atoms with Crippen molar-refractivity contribution in [3.63, 3.8) is 0 Å². The summed E-state index contributed by atoms with van der Waals surface area (Å²) in [7, 11) is 0. The van der Waals surface area contributed by atoms with Gasteiger partial charge in [-0.2, -0.15) is 0 Å². The fraction of sp³-hybridized carbons (Fsp3) is 0.344. The van der Waals surface area contributed by atoms with E-state index in [1.54, 1.807) is 4.57 Å². The van der Waals surface area contributed by atoms with Crippen LogP contribution in [0, 0.1) is 5.92 Å². The molecule has 2 N–H and O–H groups in total. The zero-order valence-electron chi connectivity index (χ0n) is 23.0. The first kappa shape index (κ1) is 26.2. The Balaban J connectivity index is 1.14. The lowest BCUT2D eigenvalue weighted by Crippen LogP contribution is -2.35. The van der Waals surface area contributed by atoms with Crippen LogP contribution in [-0.2, 0) is 11.3 Å². The number of ether oxygens (including phenoxy) is 1. The standard InChI is InChI=1S/C32H35N5O3/c1-21(2)31(38)37-13-5-8-30(37)27-18-29(27)35-32(39)34-28-12-11-24(25-6-3-4-7-26(25)28)22-9-10-23(33-19-22)20-36-14-16-40-17-15-36/h3-13,19,21,27,29H,14-18,20H2,1-2H3,(H2,34,35,39). The van der Waals surface area contributed by atoms with Gasteiger partial charge in [0.1, 0.15) is 0 Å². The zero-order valence-corrected chi connectivity index (χ0v) is 23.0. The van der Waals surface area contributed by atoms with Gasteiger partial charge in [0.2, 0.25) is 5.91 Å². The van der Waals surface area contributed by atoms with Crippen molar-refractivity contribution in [2.75, 3.05) is 31.6 Å². The molecule has 8 heteroatoms. The molecule has 206 valence electrons. The van der Waals surface area contributed by atoms with Crippen LogP contribution in [-0.4, -0.2) is 58.7 Å². The number of rotatable bonds is 7. The minimum absolute atomic E-state index is 0.00111. The monoisotopic (exact) mass is 537 g/mol. The second-order valence-electron chi connectivity index (χ2n) is 11.0. The summed E-state index contributed by atoms with van der Waals surface area (Å²) in [6, 6.07) is 19.9. The molecule has 1 saturated heterocycles. The number of aromatic nitrogens is 2. The van der Waals surface area contributed by atoms with E-state index in [1.807, 2.05) is 68.7 Å². The molecule has 8 nitrogen and oxygen atoms in total. The molecule has 2 aliphatic rings. The average molecular weight is 538 g/mol. The van der Waals surface area contributed by atoms with Crippen molar-refractivity contribution in [1.29, 1.82) is 0 Å². The summed E-state index contributed by atoms with van der Waals surface area (Å²) in [6.07, 6.45) is 4.56. The van der Waals surface area contributed by atoms with Gasteiger partial charge in [0.15, 0.2) is 0 Å². The van der Waals surface area contributed by atoms with Crippen molar-refractivity contribution < 1.29 is 14.3 Å². The number of morpholine rings is 1. The van der Waals surface area contributed by atoms with E-state index in [0.717, 1.165) is 78.2 Å². The lowest BCUT2D eigenvalue weighted by Gasteiger charge is -2.26. The lowest BCUT2D eigenvalue weighted by molar-refractivity contribution is 0.0336. The third-order valence-corrected chi connectivity index (χ3v) is 7.80. The fourth-order valence-corrected chi connectivity index (χ4v) is 5.51. The van der Waals surface area contributed by atoms with Crippen molar-refractivity contribution in [3.05, 3.63) is 84.4 Å². The van der Waals surface area contributed by atoms with Crippen LogP contribution < -0.4 is 10.6 Å². The molecule has 40 heavy (non-hydrogen) atoms. The number of urea groups is 1. The second kappa shape index (κ2) is 11.2. The van der Waals surface area contributed by atoms with Gasteiger partial charge in [0.25, 0.3) is 0 Å². The molecular weight excluding hydrogens is 502 g/mol. The summed E-state index contributed by atoms with van der Waals surface area (Å²) in [5, 5.41) is 8.17. The predicted octanol–water partition coefficient (Wildman–Crippen LogP) is 5.51. The molecule has 2 unspecified atom stereocenters. The van der Waals surface area contributed by atoms with Gasteiger partial charge in [-0.05, 0) is 41.6 Å². The third kappa shape index (κ3) is 5.50. The summed E-state index contributed by atoms with van der Waals surface area (Å²) >= 11 is 0. The lowest BCUT2D eigenvalue weighted by atomic mass is 9.98. The normalized spacial score (nSPS) is 19.1. The van der Waals surface area contributed by atoms with Gasteiger partial charge >= 0.3 is 6.03 Å². The highest BCUT2D eigenvalue weighted by molar-refractivity contribution is 6.07. The zero-order chi connectivity index (χ0) is 27.6. The van der Waals surface area contributed by atoms with Gasteiger partial charge < -0.3 is 15.4 Å². The number of hydrogen-bond donors (Lipinski definition) is 2. The van der Waals surface area contributed by atoms with Gasteiger partial charge in [-0.25, -0.2) is 4.79 Å². The number of carbonyl (C=O) groups is 2. The smallest absolute Gasteiger partial charge is 0.319 e.